The Balaban J connectivity index is 0.000000696. The second-order valence-electron chi connectivity index (χ2n) is 8.49. The lowest BCUT2D eigenvalue weighted by Crippen LogP contribution is -2.22. The minimum Gasteiger partial charge on any atom is -0.378 e. The first-order valence-corrected chi connectivity index (χ1v) is 12.6. The third kappa shape index (κ3) is 10.5. The Morgan fingerprint density at radius 1 is 0.606 bits per heavy atom. The fourth-order valence-corrected chi connectivity index (χ4v) is 3.32. The lowest BCUT2D eigenvalue weighted by atomic mass is 10.1. The molecule has 33 heavy (non-hydrogen) atoms. The standard InChI is InChI=1S/C25H31N3.CH4O3S/c1-26(2)24-14-10-22(11-15-24)19-28(18-21-8-6-5-7-9-21)20-23-12-16-25(17-13-23)27(3)4;1-5(2,3)4/h5-17H,18-20H2,1-4H3;1H3,(H,2,3,4). The Bertz CT molecular complexity index is 1000. The molecule has 0 aliphatic carbocycles. The molecule has 3 aromatic rings. The van der Waals surface area contributed by atoms with Crippen LogP contribution in [0.4, 0.5) is 11.4 Å². The SMILES string of the molecule is CN(C)c1ccc(CN(Cc2ccccc2)Cc2ccc(N(C)C)cc2)cc1.CS(=O)(=O)O. The van der Waals surface area contributed by atoms with Gasteiger partial charge in [0.1, 0.15) is 0 Å². The molecular formula is C26H35N3O3S. The summed E-state index contributed by atoms with van der Waals surface area (Å²) in [5, 5.41) is 0. The predicted octanol–water partition coefficient (Wildman–Crippen LogP) is 4.53. The van der Waals surface area contributed by atoms with Crippen molar-refractivity contribution in [3.63, 3.8) is 0 Å². The number of nitrogens with zero attached hydrogens (tertiary/aromatic N) is 3. The third-order valence-electron chi connectivity index (χ3n) is 4.97. The predicted molar refractivity (Wildman–Crippen MR) is 138 cm³/mol. The van der Waals surface area contributed by atoms with Crippen LogP contribution in [-0.2, 0) is 29.8 Å². The molecule has 0 bridgehead atoms. The van der Waals surface area contributed by atoms with Crippen LogP contribution in [0.15, 0.2) is 78.9 Å². The first-order valence-electron chi connectivity index (χ1n) is 10.7. The lowest BCUT2D eigenvalue weighted by molar-refractivity contribution is 0.248. The summed E-state index contributed by atoms with van der Waals surface area (Å²) in [7, 11) is 4.64. The summed E-state index contributed by atoms with van der Waals surface area (Å²) in [4.78, 5) is 6.78. The number of benzene rings is 3. The second kappa shape index (κ2) is 12.4. The molecule has 7 heteroatoms. The molecule has 1 N–H and O–H groups in total. The summed E-state index contributed by atoms with van der Waals surface area (Å²) in [5.74, 6) is 0. The van der Waals surface area contributed by atoms with Crippen LogP contribution >= 0.6 is 0 Å². The molecule has 0 amide bonds. The van der Waals surface area contributed by atoms with E-state index in [0.29, 0.717) is 6.26 Å². The molecule has 0 radical (unpaired) electrons. The summed E-state index contributed by atoms with van der Waals surface area (Å²) in [5.41, 5.74) is 6.49. The van der Waals surface area contributed by atoms with E-state index in [1.54, 1.807) is 0 Å². The van der Waals surface area contributed by atoms with E-state index >= 15 is 0 Å². The molecule has 0 aliphatic heterocycles. The smallest absolute Gasteiger partial charge is 0.261 e. The molecule has 0 saturated heterocycles. The van der Waals surface area contributed by atoms with Crippen molar-refractivity contribution < 1.29 is 13.0 Å². The highest BCUT2D eigenvalue weighted by Gasteiger charge is 2.09. The van der Waals surface area contributed by atoms with Crippen molar-refractivity contribution in [3.8, 4) is 0 Å². The van der Waals surface area contributed by atoms with Gasteiger partial charge in [-0.1, -0.05) is 54.6 Å². The van der Waals surface area contributed by atoms with Crippen LogP contribution in [0, 0.1) is 0 Å². The molecule has 0 unspecified atom stereocenters. The van der Waals surface area contributed by atoms with E-state index in [-0.39, 0.29) is 0 Å². The van der Waals surface area contributed by atoms with Gasteiger partial charge >= 0.3 is 0 Å². The second-order valence-corrected chi connectivity index (χ2v) is 9.95. The average molecular weight is 470 g/mol. The molecule has 0 fully saturated rings. The van der Waals surface area contributed by atoms with E-state index in [1.807, 2.05) is 0 Å². The first-order chi connectivity index (χ1) is 15.5. The largest absolute Gasteiger partial charge is 0.378 e. The highest BCUT2D eigenvalue weighted by atomic mass is 32.2. The molecule has 3 aromatic carbocycles. The van der Waals surface area contributed by atoms with Crippen molar-refractivity contribution in [2.45, 2.75) is 19.6 Å². The van der Waals surface area contributed by atoms with Crippen LogP contribution in [-0.4, -0.2) is 52.3 Å². The van der Waals surface area contributed by atoms with Gasteiger partial charge in [-0.3, -0.25) is 9.45 Å². The van der Waals surface area contributed by atoms with Gasteiger partial charge in [0.25, 0.3) is 10.1 Å². The van der Waals surface area contributed by atoms with Crippen LogP contribution in [0.25, 0.3) is 0 Å². The van der Waals surface area contributed by atoms with E-state index in [2.05, 4.69) is 122 Å². The Hall–Kier alpha value is -2.87. The van der Waals surface area contributed by atoms with Gasteiger partial charge in [-0.2, -0.15) is 8.42 Å². The van der Waals surface area contributed by atoms with Crippen molar-refractivity contribution in [1.29, 1.82) is 0 Å². The molecule has 3 rings (SSSR count). The van der Waals surface area contributed by atoms with E-state index in [4.69, 9.17) is 4.55 Å². The monoisotopic (exact) mass is 469 g/mol. The number of rotatable bonds is 8. The molecule has 0 aromatic heterocycles. The number of hydrogen-bond donors (Lipinski definition) is 1. The summed E-state index contributed by atoms with van der Waals surface area (Å²) in [6, 6.07) is 28.5. The molecule has 178 valence electrons. The number of anilines is 2. The molecule has 0 saturated carbocycles. The van der Waals surface area contributed by atoms with Crippen LogP contribution in [0.1, 0.15) is 16.7 Å². The highest BCUT2D eigenvalue weighted by molar-refractivity contribution is 7.85. The molecule has 0 heterocycles. The van der Waals surface area contributed by atoms with Crippen LogP contribution in [0.2, 0.25) is 0 Å². The van der Waals surface area contributed by atoms with Crippen LogP contribution in [0.5, 0.6) is 0 Å². The van der Waals surface area contributed by atoms with Crippen molar-refractivity contribution >= 4 is 21.5 Å². The zero-order chi connectivity index (χ0) is 24.4. The molecule has 0 spiro atoms. The summed E-state index contributed by atoms with van der Waals surface area (Å²) >= 11 is 0. The minimum absolute atomic E-state index is 0.715. The van der Waals surface area contributed by atoms with Gasteiger partial charge in [-0.25, -0.2) is 0 Å². The van der Waals surface area contributed by atoms with E-state index < -0.39 is 10.1 Å². The van der Waals surface area contributed by atoms with Gasteiger partial charge < -0.3 is 9.80 Å². The average Bonchev–Trinajstić information content (AvgIpc) is 2.74. The van der Waals surface area contributed by atoms with Crippen molar-refractivity contribution in [3.05, 3.63) is 95.6 Å². The maximum Gasteiger partial charge on any atom is 0.261 e. The Kier molecular flexibility index (Phi) is 9.91. The fourth-order valence-electron chi connectivity index (χ4n) is 3.32. The van der Waals surface area contributed by atoms with Crippen molar-refractivity contribution in [2.75, 3.05) is 44.2 Å². The normalized spacial score (nSPS) is 11.0. The molecule has 6 nitrogen and oxygen atoms in total. The summed E-state index contributed by atoms with van der Waals surface area (Å²) in [6.45, 7) is 2.79. The maximum atomic E-state index is 9.19. The Morgan fingerprint density at radius 2 is 0.909 bits per heavy atom. The Labute approximate surface area is 198 Å². The third-order valence-corrected chi connectivity index (χ3v) is 4.97. The molecule has 0 atom stereocenters. The van der Waals surface area contributed by atoms with E-state index in [9.17, 15) is 8.42 Å². The van der Waals surface area contributed by atoms with Crippen molar-refractivity contribution in [2.24, 2.45) is 0 Å². The maximum absolute atomic E-state index is 9.19. The van der Waals surface area contributed by atoms with E-state index in [1.165, 1.54) is 28.1 Å². The van der Waals surface area contributed by atoms with Crippen LogP contribution in [0.3, 0.4) is 0 Å². The minimum atomic E-state index is -3.67. The molecular weight excluding hydrogens is 434 g/mol. The summed E-state index contributed by atoms with van der Waals surface area (Å²) < 4.78 is 25.9. The van der Waals surface area contributed by atoms with Gasteiger partial charge in [-0.15, -0.1) is 0 Å². The Morgan fingerprint density at radius 3 is 1.21 bits per heavy atom. The topological polar surface area (TPSA) is 64.1 Å². The first kappa shape index (κ1) is 26.4. The zero-order valence-corrected chi connectivity index (χ0v) is 21.0. The van der Waals surface area contributed by atoms with Gasteiger partial charge in [0.2, 0.25) is 0 Å². The number of hydrogen-bond acceptors (Lipinski definition) is 5. The van der Waals surface area contributed by atoms with Gasteiger partial charge in [-0.05, 0) is 41.0 Å². The van der Waals surface area contributed by atoms with E-state index in [0.717, 1.165) is 19.6 Å². The van der Waals surface area contributed by atoms with Gasteiger partial charge in [0.05, 0.1) is 6.26 Å². The fraction of sp³-hybridized carbons (Fsp3) is 0.308. The van der Waals surface area contributed by atoms with Gasteiger partial charge in [0.15, 0.2) is 0 Å². The summed E-state index contributed by atoms with van der Waals surface area (Å²) in [6.07, 6.45) is 0.715. The van der Waals surface area contributed by atoms with Gasteiger partial charge in [0, 0.05) is 59.2 Å². The lowest BCUT2D eigenvalue weighted by Gasteiger charge is -2.24. The quantitative estimate of drug-likeness (QED) is 0.489. The van der Waals surface area contributed by atoms with Crippen molar-refractivity contribution in [1.82, 2.24) is 4.90 Å². The highest BCUT2D eigenvalue weighted by Crippen LogP contribution is 2.19. The van der Waals surface area contributed by atoms with Crippen LogP contribution < -0.4 is 9.80 Å². The zero-order valence-electron chi connectivity index (χ0n) is 20.1. The molecule has 0 aliphatic rings.